The van der Waals surface area contributed by atoms with Crippen LogP contribution in [-0.4, -0.2) is 70.1 Å². The quantitative estimate of drug-likeness (QED) is 0.510. The molecule has 1 aliphatic rings. The van der Waals surface area contributed by atoms with Gasteiger partial charge in [-0.25, -0.2) is 9.48 Å². The summed E-state index contributed by atoms with van der Waals surface area (Å²) in [6.45, 7) is 1.36. The zero-order valence-electron chi connectivity index (χ0n) is 17.8. The molecule has 0 bridgehead atoms. The summed E-state index contributed by atoms with van der Waals surface area (Å²) in [5, 5.41) is 5.92. The van der Waals surface area contributed by atoms with Crippen molar-refractivity contribution in [2.45, 2.75) is 6.54 Å². The number of nitrogens with zero attached hydrogens (tertiary/aromatic N) is 4. The molecule has 4 rings (SSSR count). The van der Waals surface area contributed by atoms with Crippen LogP contribution in [0.15, 0.2) is 64.8 Å². The molecular formula is C23H22N4O5S. The molecule has 1 aromatic carbocycles. The van der Waals surface area contributed by atoms with E-state index in [1.807, 2.05) is 41.8 Å². The van der Waals surface area contributed by atoms with Crippen molar-refractivity contribution in [2.24, 2.45) is 0 Å². The second-order valence-electron chi connectivity index (χ2n) is 7.43. The van der Waals surface area contributed by atoms with E-state index >= 15 is 0 Å². The predicted molar refractivity (Wildman–Crippen MR) is 121 cm³/mol. The van der Waals surface area contributed by atoms with Crippen molar-refractivity contribution in [3.05, 3.63) is 86.5 Å². The highest BCUT2D eigenvalue weighted by Gasteiger charge is 2.26. The Bertz CT molecular complexity index is 1190. The van der Waals surface area contributed by atoms with Crippen molar-refractivity contribution in [2.75, 3.05) is 32.8 Å². The van der Waals surface area contributed by atoms with Crippen LogP contribution in [0.1, 0.15) is 25.7 Å². The van der Waals surface area contributed by atoms with Gasteiger partial charge in [0.15, 0.2) is 12.3 Å². The Morgan fingerprint density at radius 2 is 1.64 bits per heavy atom. The molecule has 0 aliphatic carbocycles. The maximum atomic E-state index is 12.5. The number of hydrogen-bond donors (Lipinski definition) is 0. The Kier molecular flexibility index (Phi) is 6.94. The molecule has 10 heteroatoms. The minimum atomic E-state index is -0.781. The topological polar surface area (TPSA) is 102 Å². The van der Waals surface area contributed by atoms with Gasteiger partial charge in [0.1, 0.15) is 0 Å². The normalized spacial score (nSPS) is 13.6. The fraction of sp³-hybridized carbons (Fsp3) is 0.261. The molecule has 0 spiro atoms. The molecule has 3 aromatic rings. The summed E-state index contributed by atoms with van der Waals surface area (Å²) >= 11 is 1.39. The molecule has 0 atom stereocenters. The van der Waals surface area contributed by atoms with E-state index in [1.54, 1.807) is 15.9 Å². The molecule has 1 aliphatic heterocycles. The van der Waals surface area contributed by atoms with E-state index in [2.05, 4.69) is 5.10 Å². The SMILES string of the molecule is O=C(OCC(=O)N1CCN(C(=O)c2cccs2)CC1)c1ccc(=O)n(Cc2ccccc2)n1. The first-order valence-electron chi connectivity index (χ1n) is 10.4. The van der Waals surface area contributed by atoms with E-state index < -0.39 is 12.6 Å². The Labute approximate surface area is 193 Å². The summed E-state index contributed by atoms with van der Waals surface area (Å²) in [7, 11) is 0. The van der Waals surface area contributed by atoms with Crippen LogP contribution in [0.5, 0.6) is 0 Å². The largest absolute Gasteiger partial charge is 0.451 e. The van der Waals surface area contributed by atoms with Gasteiger partial charge in [-0.05, 0) is 23.1 Å². The molecule has 170 valence electrons. The Hall–Kier alpha value is -3.79. The van der Waals surface area contributed by atoms with Crippen LogP contribution in [0.3, 0.4) is 0 Å². The molecule has 0 radical (unpaired) electrons. The van der Waals surface area contributed by atoms with Crippen molar-refractivity contribution in [1.29, 1.82) is 0 Å². The maximum Gasteiger partial charge on any atom is 0.359 e. The lowest BCUT2D eigenvalue weighted by Crippen LogP contribution is -2.51. The molecule has 1 saturated heterocycles. The van der Waals surface area contributed by atoms with Crippen LogP contribution in [0, 0.1) is 0 Å². The number of benzene rings is 1. The van der Waals surface area contributed by atoms with Crippen LogP contribution < -0.4 is 5.56 Å². The van der Waals surface area contributed by atoms with Crippen molar-refractivity contribution < 1.29 is 19.1 Å². The van der Waals surface area contributed by atoms with E-state index in [1.165, 1.54) is 28.2 Å². The number of carbonyl (C=O) groups is 3. The lowest BCUT2D eigenvalue weighted by atomic mass is 10.2. The molecule has 33 heavy (non-hydrogen) atoms. The number of amides is 2. The molecule has 1 fully saturated rings. The van der Waals surface area contributed by atoms with Gasteiger partial charge in [0, 0.05) is 32.2 Å². The first kappa shape index (κ1) is 22.4. The zero-order valence-corrected chi connectivity index (χ0v) is 18.6. The van der Waals surface area contributed by atoms with Gasteiger partial charge in [-0.15, -0.1) is 11.3 Å². The second-order valence-corrected chi connectivity index (χ2v) is 8.37. The van der Waals surface area contributed by atoms with Crippen LogP contribution in [-0.2, 0) is 16.1 Å². The lowest BCUT2D eigenvalue weighted by Gasteiger charge is -2.34. The second kappa shape index (κ2) is 10.2. The summed E-state index contributed by atoms with van der Waals surface area (Å²) < 4.78 is 6.31. The maximum absolute atomic E-state index is 12.5. The van der Waals surface area contributed by atoms with Crippen LogP contribution in [0.2, 0.25) is 0 Å². The van der Waals surface area contributed by atoms with Gasteiger partial charge < -0.3 is 14.5 Å². The standard InChI is InChI=1S/C23H22N4O5S/c28-20-9-8-18(24-27(20)15-17-5-2-1-3-6-17)23(31)32-16-21(29)25-10-12-26(13-11-25)22(30)19-7-4-14-33-19/h1-9,14H,10-13,15-16H2. The molecule has 9 nitrogen and oxygen atoms in total. The first-order chi connectivity index (χ1) is 16.0. The molecule has 2 amide bonds. The number of aromatic nitrogens is 2. The van der Waals surface area contributed by atoms with E-state index in [9.17, 15) is 19.2 Å². The van der Waals surface area contributed by atoms with Gasteiger partial charge in [-0.2, -0.15) is 5.10 Å². The summed E-state index contributed by atoms with van der Waals surface area (Å²) in [5.41, 5.74) is 0.468. The minimum Gasteiger partial charge on any atom is -0.451 e. The summed E-state index contributed by atoms with van der Waals surface area (Å²) in [4.78, 5) is 53.3. The van der Waals surface area contributed by atoms with Gasteiger partial charge in [0.2, 0.25) is 0 Å². The summed E-state index contributed by atoms with van der Waals surface area (Å²) in [5.74, 6) is -1.17. The minimum absolute atomic E-state index is 0.0415. The van der Waals surface area contributed by atoms with Gasteiger partial charge in [0.05, 0.1) is 11.4 Å². The number of piperazine rings is 1. The number of esters is 1. The lowest BCUT2D eigenvalue weighted by molar-refractivity contribution is -0.136. The monoisotopic (exact) mass is 466 g/mol. The number of carbonyl (C=O) groups excluding carboxylic acids is 3. The van der Waals surface area contributed by atoms with Crippen LogP contribution >= 0.6 is 11.3 Å². The van der Waals surface area contributed by atoms with E-state index in [4.69, 9.17) is 4.74 Å². The smallest absolute Gasteiger partial charge is 0.359 e. The number of ether oxygens (including phenoxy) is 1. The van der Waals surface area contributed by atoms with Crippen molar-refractivity contribution in [1.82, 2.24) is 19.6 Å². The fourth-order valence-electron chi connectivity index (χ4n) is 3.43. The highest BCUT2D eigenvalue weighted by Crippen LogP contribution is 2.14. The summed E-state index contributed by atoms with van der Waals surface area (Å²) in [6, 6.07) is 15.4. The van der Waals surface area contributed by atoms with Gasteiger partial charge in [0.25, 0.3) is 17.4 Å². The molecular weight excluding hydrogens is 444 g/mol. The molecule has 2 aromatic heterocycles. The average Bonchev–Trinajstić information content (AvgIpc) is 3.39. The number of hydrogen-bond acceptors (Lipinski definition) is 7. The molecule has 0 unspecified atom stereocenters. The van der Waals surface area contributed by atoms with Crippen molar-refractivity contribution >= 4 is 29.1 Å². The van der Waals surface area contributed by atoms with Gasteiger partial charge in [-0.1, -0.05) is 36.4 Å². The van der Waals surface area contributed by atoms with E-state index in [-0.39, 0.29) is 29.6 Å². The highest BCUT2D eigenvalue weighted by molar-refractivity contribution is 7.12. The third-order valence-corrected chi connectivity index (χ3v) is 6.09. The van der Waals surface area contributed by atoms with Crippen molar-refractivity contribution in [3.8, 4) is 0 Å². The number of thiophene rings is 1. The highest BCUT2D eigenvalue weighted by atomic mass is 32.1. The van der Waals surface area contributed by atoms with Gasteiger partial charge >= 0.3 is 5.97 Å². The average molecular weight is 467 g/mol. The molecule has 3 heterocycles. The van der Waals surface area contributed by atoms with Crippen LogP contribution in [0.25, 0.3) is 0 Å². The van der Waals surface area contributed by atoms with E-state index in [0.29, 0.717) is 31.1 Å². The Morgan fingerprint density at radius 3 is 2.33 bits per heavy atom. The van der Waals surface area contributed by atoms with Crippen LogP contribution in [0.4, 0.5) is 0 Å². The number of rotatable bonds is 6. The van der Waals surface area contributed by atoms with Gasteiger partial charge in [-0.3, -0.25) is 14.4 Å². The Balaban J connectivity index is 1.29. The third kappa shape index (κ3) is 5.53. The Morgan fingerprint density at radius 1 is 0.909 bits per heavy atom. The zero-order chi connectivity index (χ0) is 23.2. The third-order valence-electron chi connectivity index (χ3n) is 5.23. The first-order valence-corrected chi connectivity index (χ1v) is 11.3. The van der Waals surface area contributed by atoms with E-state index in [0.717, 1.165) is 5.56 Å². The fourth-order valence-corrected chi connectivity index (χ4v) is 4.13. The summed E-state index contributed by atoms with van der Waals surface area (Å²) in [6.07, 6.45) is 0. The molecule has 0 N–H and O–H groups in total. The van der Waals surface area contributed by atoms with Crippen molar-refractivity contribution in [3.63, 3.8) is 0 Å². The molecule has 0 saturated carbocycles. The predicted octanol–water partition coefficient (Wildman–Crippen LogP) is 1.49.